The number of nitrogens with zero attached hydrogens (tertiary/aromatic N) is 8. The molecule has 4 heterocycles. The number of pyridine rings is 3. The van der Waals surface area contributed by atoms with Gasteiger partial charge in [0.25, 0.3) is 0 Å². The molecule has 5 rings (SSSR count). The third-order valence-electron chi connectivity index (χ3n) is 4.79. The van der Waals surface area contributed by atoms with Gasteiger partial charge in [-0.3, -0.25) is 4.98 Å². The average molecular weight is 394 g/mol. The first kappa shape index (κ1) is 18.0. The Morgan fingerprint density at radius 1 is 0.933 bits per heavy atom. The number of rotatable bonds is 5. The van der Waals surface area contributed by atoms with E-state index in [1.807, 2.05) is 49.4 Å². The molecule has 30 heavy (non-hydrogen) atoms. The van der Waals surface area contributed by atoms with Crippen LogP contribution in [-0.4, -0.2) is 29.9 Å². The molecule has 0 radical (unpaired) electrons. The Morgan fingerprint density at radius 3 is 2.73 bits per heavy atom. The Hall–Kier alpha value is -4.07. The molecule has 1 aromatic carbocycles. The molecule has 1 unspecified atom stereocenters. The first-order chi connectivity index (χ1) is 14.8. The maximum absolute atomic E-state index is 4.76. The molecule has 1 atom stereocenters. The second-order valence-electron chi connectivity index (χ2n) is 6.94. The number of fused-ring (bicyclic) bond motifs is 2. The summed E-state index contributed by atoms with van der Waals surface area (Å²) in [5.74, 6) is 0.572. The molecule has 0 saturated heterocycles. The standard InChI is InChI=1S/C22H18N8/c1-15(26-28-21-6-2-3-11-24-21)18-9-10-20-22(25-18)30(29-27-20)14-16-7-8-19-17(13-16)5-4-12-23-19/h2-13,15H,14H2,1H3. The molecule has 0 N–H and O–H groups in total. The van der Waals surface area contributed by atoms with Crippen LogP contribution in [0.5, 0.6) is 0 Å². The minimum atomic E-state index is -0.216. The maximum atomic E-state index is 4.76. The molecule has 5 aromatic rings. The van der Waals surface area contributed by atoms with E-state index in [1.54, 1.807) is 17.1 Å². The van der Waals surface area contributed by atoms with E-state index in [4.69, 9.17) is 4.98 Å². The van der Waals surface area contributed by atoms with Gasteiger partial charge < -0.3 is 0 Å². The summed E-state index contributed by atoms with van der Waals surface area (Å²) in [4.78, 5) is 13.3. The van der Waals surface area contributed by atoms with Crippen molar-refractivity contribution in [1.82, 2.24) is 29.9 Å². The maximum Gasteiger partial charge on any atom is 0.179 e. The lowest BCUT2D eigenvalue weighted by atomic mass is 10.1. The van der Waals surface area contributed by atoms with Gasteiger partial charge in [-0.1, -0.05) is 23.4 Å². The zero-order valence-electron chi connectivity index (χ0n) is 16.3. The number of aromatic nitrogens is 6. The Labute approximate surface area is 172 Å². The minimum Gasteiger partial charge on any atom is -0.256 e. The molecule has 0 aliphatic carbocycles. The zero-order chi connectivity index (χ0) is 20.3. The summed E-state index contributed by atoms with van der Waals surface area (Å²) in [6.07, 6.45) is 3.49. The smallest absolute Gasteiger partial charge is 0.179 e. The molecular formula is C22H18N8. The summed E-state index contributed by atoms with van der Waals surface area (Å²) in [6.45, 7) is 2.52. The van der Waals surface area contributed by atoms with Crippen LogP contribution in [0.25, 0.3) is 22.1 Å². The van der Waals surface area contributed by atoms with Crippen LogP contribution in [0.3, 0.4) is 0 Å². The lowest BCUT2D eigenvalue weighted by Gasteiger charge is -2.07. The molecule has 0 aliphatic rings. The number of hydrogen-bond donors (Lipinski definition) is 0. The van der Waals surface area contributed by atoms with Crippen molar-refractivity contribution in [3.05, 3.63) is 84.3 Å². The van der Waals surface area contributed by atoms with Crippen molar-refractivity contribution in [3.8, 4) is 0 Å². The van der Waals surface area contributed by atoms with E-state index in [0.29, 0.717) is 12.4 Å². The lowest BCUT2D eigenvalue weighted by molar-refractivity contribution is 0.660. The van der Waals surface area contributed by atoms with Gasteiger partial charge in [-0.05, 0) is 55.0 Å². The van der Waals surface area contributed by atoms with E-state index in [1.165, 1.54) is 0 Å². The predicted octanol–water partition coefficient (Wildman–Crippen LogP) is 4.66. The summed E-state index contributed by atoms with van der Waals surface area (Å²) in [5.41, 5.74) is 4.34. The van der Waals surface area contributed by atoms with Crippen molar-refractivity contribution in [3.63, 3.8) is 0 Å². The van der Waals surface area contributed by atoms with E-state index in [-0.39, 0.29) is 6.04 Å². The first-order valence-corrected chi connectivity index (χ1v) is 9.62. The summed E-state index contributed by atoms with van der Waals surface area (Å²) in [5, 5.41) is 18.2. The van der Waals surface area contributed by atoms with Crippen LogP contribution in [0.2, 0.25) is 0 Å². The average Bonchev–Trinajstić information content (AvgIpc) is 3.20. The van der Waals surface area contributed by atoms with Crippen molar-refractivity contribution < 1.29 is 0 Å². The molecule has 0 fully saturated rings. The number of azo groups is 1. The van der Waals surface area contributed by atoms with Crippen LogP contribution >= 0.6 is 0 Å². The second kappa shape index (κ2) is 7.75. The molecule has 8 heteroatoms. The summed E-state index contributed by atoms with van der Waals surface area (Å²) < 4.78 is 1.80. The lowest BCUT2D eigenvalue weighted by Crippen LogP contribution is -2.04. The largest absolute Gasteiger partial charge is 0.256 e. The quantitative estimate of drug-likeness (QED) is 0.404. The summed E-state index contributed by atoms with van der Waals surface area (Å²) >= 11 is 0. The molecule has 8 nitrogen and oxygen atoms in total. The van der Waals surface area contributed by atoms with Gasteiger partial charge in [-0.15, -0.1) is 10.2 Å². The molecular weight excluding hydrogens is 376 g/mol. The van der Waals surface area contributed by atoms with Crippen LogP contribution in [-0.2, 0) is 6.54 Å². The van der Waals surface area contributed by atoms with Gasteiger partial charge in [-0.25, -0.2) is 14.6 Å². The van der Waals surface area contributed by atoms with E-state index >= 15 is 0 Å². The highest BCUT2D eigenvalue weighted by molar-refractivity contribution is 5.79. The van der Waals surface area contributed by atoms with Crippen molar-refractivity contribution in [1.29, 1.82) is 0 Å². The predicted molar refractivity (Wildman–Crippen MR) is 113 cm³/mol. The molecule has 0 bridgehead atoms. The zero-order valence-corrected chi connectivity index (χ0v) is 16.3. The fraction of sp³-hybridized carbons (Fsp3) is 0.136. The van der Waals surface area contributed by atoms with Crippen LogP contribution in [0.15, 0.2) is 83.3 Å². The second-order valence-corrected chi connectivity index (χ2v) is 6.94. The van der Waals surface area contributed by atoms with Gasteiger partial charge in [0.2, 0.25) is 0 Å². The number of hydrogen-bond acceptors (Lipinski definition) is 7. The van der Waals surface area contributed by atoms with Crippen LogP contribution in [0.1, 0.15) is 24.2 Å². The first-order valence-electron chi connectivity index (χ1n) is 9.62. The molecule has 0 spiro atoms. The van der Waals surface area contributed by atoms with Crippen LogP contribution < -0.4 is 0 Å². The van der Waals surface area contributed by atoms with Gasteiger partial charge >= 0.3 is 0 Å². The van der Waals surface area contributed by atoms with E-state index in [2.05, 4.69) is 48.7 Å². The highest BCUT2D eigenvalue weighted by Crippen LogP contribution is 2.21. The van der Waals surface area contributed by atoms with E-state index in [9.17, 15) is 0 Å². The topological polar surface area (TPSA) is 94.1 Å². The van der Waals surface area contributed by atoms with E-state index in [0.717, 1.165) is 33.3 Å². The Morgan fingerprint density at radius 2 is 1.83 bits per heavy atom. The van der Waals surface area contributed by atoms with Gasteiger partial charge in [0.1, 0.15) is 11.6 Å². The highest BCUT2D eigenvalue weighted by atomic mass is 15.4. The Balaban J connectivity index is 1.43. The SMILES string of the molecule is CC(N=Nc1ccccn1)c1ccc2nnn(Cc3ccc4ncccc4c3)c2n1. The van der Waals surface area contributed by atoms with Gasteiger partial charge in [0.05, 0.1) is 17.8 Å². The monoisotopic (exact) mass is 394 g/mol. The van der Waals surface area contributed by atoms with Crippen LogP contribution in [0.4, 0.5) is 5.82 Å². The van der Waals surface area contributed by atoms with Gasteiger partial charge in [-0.2, -0.15) is 5.11 Å². The van der Waals surface area contributed by atoms with Crippen molar-refractivity contribution >= 4 is 27.9 Å². The van der Waals surface area contributed by atoms with Gasteiger partial charge in [0.15, 0.2) is 11.5 Å². The third kappa shape index (κ3) is 3.62. The van der Waals surface area contributed by atoms with Crippen molar-refractivity contribution in [2.24, 2.45) is 10.2 Å². The minimum absolute atomic E-state index is 0.216. The number of benzene rings is 1. The summed E-state index contributed by atoms with van der Waals surface area (Å²) in [6, 6.07) is 19.3. The Kier molecular flexibility index (Phi) is 4.65. The van der Waals surface area contributed by atoms with E-state index < -0.39 is 0 Å². The van der Waals surface area contributed by atoms with Crippen molar-refractivity contribution in [2.75, 3.05) is 0 Å². The fourth-order valence-electron chi connectivity index (χ4n) is 3.22. The highest BCUT2D eigenvalue weighted by Gasteiger charge is 2.12. The molecule has 146 valence electrons. The van der Waals surface area contributed by atoms with Crippen molar-refractivity contribution in [2.45, 2.75) is 19.5 Å². The summed E-state index contributed by atoms with van der Waals surface area (Å²) in [7, 11) is 0. The van der Waals surface area contributed by atoms with Gasteiger partial charge in [0, 0.05) is 17.8 Å². The molecule has 4 aromatic heterocycles. The Bertz CT molecular complexity index is 1340. The van der Waals surface area contributed by atoms with Crippen LogP contribution in [0, 0.1) is 0 Å². The molecule has 0 aliphatic heterocycles. The molecule has 0 amide bonds. The fourth-order valence-corrected chi connectivity index (χ4v) is 3.22. The third-order valence-corrected chi connectivity index (χ3v) is 4.79. The molecule has 0 saturated carbocycles. The normalized spacial score (nSPS) is 12.7.